The molecule has 108 valence electrons. The van der Waals surface area contributed by atoms with Gasteiger partial charge in [-0.1, -0.05) is 24.6 Å². The van der Waals surface area contributed by atoms with Crippen molar-refractivity contribution in [2.75, 3.05) is 26.2 Å². The van der Waals surface area contributed by atoms with Crippen molar-refractivity contribution in [2.45, 2.75) is 44.6 Å². The van der Waals surface area contributed by atoms with Crippen LogP contribution in [0.3, 0.4) is 0 Å². The first-order valence-corrected chi connectivity index (χ1v) is 8.48. The van der Waals surface area contributed by atoms with Crippen LogP contribution >= 0.6 is 0 Å². The summed E-state index contributed by atoms with van der Waals surface area (Å²) < 4.78 is 0. The molecule has 0 radical (unpaired) electrons. The van der Waals surface area contributed by atoms with Crippen molar-refractivity contribution in [1.82, 2.24) is 10.2 Å². The Morgan fingerprint density at radius 2 is 1.80 bits per heavy atom. The first-order valence-electron chi connectivity index (χ1n) is 8.48. The Labute approximate surface area is 122 Å². The highest BCUT2D eigenvalue weighted by molar-refractivity contribution is 5.37. The SMILES string of the molecule is c1cc2c(cc1C(C1CCC1)N1CCNCC1)CCC2. The van der Waals surface area contributed by atoms with Gasteiger partial charge in [-0.25, -0.2) is 0 Å². The summed E-state index contributed by atoms with van der Waals surface area (Å²) in [7, 11) is 0. The third-order valence-corrected chi connectivity index (χ3v) is 5.61. The number of aryl methyl sites for hydroxylation is 2. The summed E-state index contributed by atoms with van der Waals surface area (Å²) in [5.41, 5.74) is 4.86. The minimum atomic E-state index is 0.691. The number of hydrogen-bond acceptors (Lipinski definition) is 2. The Kier molecular flexibility index (Phi) is 3.53. The molecule has 1 aromatic carbocycles. The van der Waals surface area contributed by atoms with E-state index < -0.39 is 0 Å². The Bertz CT molecular complexity index is 472. The van der Waals surface area contributed by atoms with E-state index in [1.54, 1.807) is 16.7 Å². The quantitative estimate of drug-likeness (QED) is 0.908. The van der Waals surface area contributed by atoms with Gasteiger partial charge in [0.25, 0.3) is 0 Å². The van der Waals surface area contributed by atoms with Gasteiger partial charge in [0.05, 0.1) is 0 Å². The van der Waals surface area contributed by atoms with Crippen LogP contribution in [0.4, 0.5) is 0 Å². The van der Waals surface area contributed by atoms with Crippen LogP contribution in [-0.2, 0) is 12.8 Å². The summed E-state index contributed by atoms with van der Waals surface area (Å²) in [6.07, 6.45) is 8.29. The second kappa shape index (κ2) is 5.50. The van der Waals surface area contributed by atoms with E-state index in [-0.39, 0.29) is 0 Å². The summed E-state index contributed by atoms with van der Waals surface area (Å²) in [6.45, 7) is 4.76. The highest BCUT2D eigenvalue weighted by Crippen LogP contribution is 2.42. The van der Waals surface area contributed by atoms with Gasteiger partial charge in [0.1, 0.15) is 0 Å². The van der Waals surface area contributed by atoms with Crippen molar-refractivity contribution in [3.05, 3.63) is 34.9 Å². The Morgan fingerprint density at radius 1 is 1.00 bits per heavy atom. The average molecular weight is 270 g/mol. The fourth-order valence-corrected chi connectivity index (χ4v) is 4.27. The first-order chi connectivity index (χ1) is 9.92. The monoisotopic (exact) mass is 270 g/mol. The Balaban J connectivity index is 1.63. The molecule has 1 saturated heterocycles. The third-order valence-electron chi connectivity index (χ3n) is 5.61. The fourth-order valence-electron chi connectivity index (χ4n) is 4.27. The van der Waals surface area contributed by atoms with E-state index in [0.29, 0.717) is 6.04 Å². The van der Waals surface area contributed by atoms with Crippen molar-refractivity contribution in [3.63, 3.8) is 0 Å². The molecule has 2 heteroatoms. The molecule has 2 aliphatic carbocycles. The summed E-state index contributed by atoms with van der Waals surface area (Å²) in [4.78, 5) is 2.75. The van der Waals surface area contributed by atoms with Crippen molar-refractivity contribution >= 4 is 0 Å². The number of nitrogens with one attached hydrogen (secondary N) is 1. The molecule has 0 amide bonds. The van der Waals surface area contributed by atoms with Gasteiger partial charge in [-0.15, -0.1) is 0 Å². The molecule has 20 heavy (non-hydrogen) atoms. The van der Waals surface area contributed by atoms with E-state index in [1.807, 2.05) is 0 Å². The number of hydrogen-bond donors (Lipinski definition) is 1. The van der Waals surface area contributed by atoms with Crippen molar-refractivity contribution in [1.29, 1.82) is 0 Å². The van der Waals surface area contributed by atoms with Crippen LogP contribution in [0.15, 0.2) is 18.2 Å². The maximum Gasteiger partial charge on any atom is 0.0377 e. The van der Waals surface area contributed by atoms with Crippen LogP contribution < -0.4 is 5.32 Å². The van der Waals surface area contributed by atoms with E-state index >= 15 is 0 Å². The van der Waals surface area contributed by atoms with Gasteiger partial charge in [-0.2, -0.15) is 0 Å². The fraction of sp³-hybridized carbons (Fsp3) is 0.667. The third kappa shape index (κ3) is 2.29. The predicted molar refractivity (Wildman–Crippen MR) is 83.0 cm³/mol. The number of fused-ring (bicyclic) bond motifs is 1. The molecular weight excluding hydrogens is 244 g/mol. The summed E-state index contributed by atoms with van der Waals surface area (Å²) in [5, 5.41) is 3.50. The van der Waals surface area contributed by atoms with E-state index in [4.69, 9.17) is 0 Å². The van der Waals surface area contributed by atoms with Gasteiger partial charge in [-0.3, -0.25) is 4.90 Å². The maximum absolute atomic E-state index is 3.50. The second-order valence-electron chi connectivity index (χ2n) is 6.80. The highest BCUT2D eigenvalue weighted by Gasteiger charge is 2.33. The normalized spacial score (nSPS) is 25.2. The lowest BCUT2D eigenvalue weighted by atomic mass is 9.76. The van der Waals surface area contributed by atoms with Crippen LogP contribution in [0.1, 0.15) is 48.4 Å². The van der Waals surface area contributed by atoms with E-state index in [0.717, 1.165) is 19.0 Å². The molecule has 0 bridgehead atoms. The van der Waals surface area contributed by atoms with Crippen LogP contribution in [0, 0.1) is 5.92 Å². The number of benzene rings is 1. The Hall–Kier alpha value is -0.860. The predicted octanol–water partition coefficient (Wildman–Crippen LogP) is 2.92. The topological polar surface area (TPSA) is 15.3 Å². The van der Waals surface area contributed by atoms with Gasteiger partial charge in [0.15, 0.2) is 0 Å². The summed E-state index contributed by atoms with van der Waals surface area (Å²) in [5.74, 6) is 0.910. The van der Waals surface area contributed by atoms with Crippen molar-refractivity contribution in [2.24, 2.45) is 5.92 Å². The van der Waals surface area contributed by atoms with Crippen LogP contribution in [0.2, 0.25) is 0 Å². The van der Waals surface area contributed by atoms with E-state index in [1.165, 1.54) is 51.6 Å². The second-order valence-corrected chi connectivity index (χ2v) is 6.80. The number of rotatable bonds is 3. The molecule has 4 rings (SSSR count). The molecule has 2 nitrogen and oxygen atoms in total. The molecule has 1 aromatic rings. The molecule has 1 heterocycles. The Morgan fingerprint density at radius 3 is 2.55 bits per heavy atom. The van der Waals surface area contributed by atoms with Gasteiger partial charge >= 0.3 is 0 Å². The highest BCUT2D eigenvalue weighted by atomic mass is 15.2. The van der Waals surface area contributed by atoms with Crippen LogP contribution in [-0.4, -0.2) is 31.1 Å². The van der Waals surface area contributed by atoms with Crippen LogP contribution in [0.25, 0.3) is 0 Å². The zero-order chi connectivity index (χ0) is 13.4. The molecule has 1 atom stereocenters. The number of piperazine rings is 1. The molecule has 0 aromatic heterocycles. The average Bonchev–Trinajstić information content (AvgIpc) is 2.91. The maximum atomic E-state index is 3.50. The van der Waals surface area contributed by atoms with Gasteiger partial charge < -0.3 is 5.32 Å². The molecule has 2 fully saturated rings. The largest absolute Gasteiger partial charge is 0.314 e. The standard InChI is InChI=1S/C18H26N2/c1-3-14-7-8-17(13-16(14)6-1)18(15-4-2-5-15)20-11-9-19-10-12-20/h7-8,13,15,18-19H,1-6,9-12H2. The minimum Gasteiger partial charge on any atom is -0.314 e. The lowest BCUT2D eigenvalue weighted by Gasteiger charge is -2.43. The zero-order valence-corrected chi connectivity index (χ0v) is 12.4. The molecule has 1 unspecified atom stereocenters. The van der Waals surface area contributed by atoms with E-state index in [2.05, 4.69) is 28.4 Å². The first kappa shape index (κ1) is 12.8. The molecule has 1 N–H and O–H groups in total. The molecule has 1 aliphatic heterocycles. The zero-order valence-electron chi connectivity index (χ0n) is 12.4. The molecule has 1 saturated carbocycles. The van der Waals surface area contributed by atoms with Gasteiger partial charge in [-0.05, 0) is 54.7 Å². The van der Waals surface area contributed by atoms with Crippen molar-refractivity contribution in [3.8, 4) is 0 Å². The smallest absolute Gasteiger partial charge is 0.0377 e. The molecular formula is C18H26N2. The summed E-state index contributed by atoms with van der Waals surface area (Å²) in [6, 6.07) is 8.10. The van der Waals surface area contributed by atoms with Gasteiger partial charge in [0.2, 0.25) is 0 Å². The number of nitrogens with zero attached hydrogens (tertiary/aromatic N) is 1. The molecule has 3 aliphatic rings. The summed E-state index contributed by atoms with van der Waals surface area (Å²) >= 11 is 0. The van der Waals surface area contributed by atoms with Crippen LogP contribution in [0.5, 0.6) is 0 Å². The van der Waals surface area contributed by atoms with Gasteiger partial charge in [0, 0.05) is 32.2 Å². The minimum absolute atomic E-state index is 0.691. The lowest BCUT2D eigenvalue weighted by molar-refractivity contribution is 0.0837. The molecule has 0 spiro atoms. The van der Waals surface area contributed by atoms with E-state index in [9.17, 15) is 0 Å². The van der Waals surface area contributed by atoms with Crippen molar-refractivity contribution < 1.29 is 0 Å². The lowest BCUT2D eigenvalue weighted by Crippen LogP contribution is -2.47.